The number of hydrogen-bond donors (Lipinski definition) is 2. The Bertz CT molecular complexity index is 592. The second-order valence-corrected chi connectivity index (χ2v) is 5.06. The normalized spacial score (nSPS) is 10.8. The van der Waals surface area contributed by atoms with Crippen molar-refractivity contribution in [2.75, 3.05) is 14.1 Å². The summed E-state index contributed by atoms with van der Waals surface area (Å²) in [5, 5.41) is 14.6. The van der Waals surface area contributed by atoms with E-state index >= 15 is 0 Å². The van der Waals surface area contributed by atoms with Crippen LogP contribution in [-0.4, -0.2) is 34.8 Å². The first-order valence-electron chi connectivity index (χ1n) is 6.12. The van der Waals surface area contributed by atoms with Crippen LogP contribution in [0.1, 0.15) is 22.1 Å². The van der Waals surface area contributed by atoms with Gasteiger partial charge in [-0.1, -0.05) is 11.8 Å². The zero-order chi connectivity index (χ0) is 14.5. The summed E-state index contributed by atoms with van der Waals surface area (Å²) in [6, 6.07) is 3.46. The summed E-state index contributed by atoms with van der Waals surface area (Å²) < 4.78 is 7.38. The SMILES string of the molecule is CNCc1nnc(SCc2ccc(C(=O)NC)o2)n1C. The Morgan fingerprint density at radius 3 is 2.90 bits per heavy atom. The highest BCUT2D eigenvalue weighted by Crippen LogP contribution is 2.22. The molecule has 0 radical (unpaired) electrons. The summed E-state index contributed by atoms with van der Waals surface area (Å²) in [7, 11) is 5.36. The molecule has 0 saturated carbocycles. The van der Waals surface area contributed by atoms with Crippen molar-refractivity contribution in [3.63, 3.8) is 0 Å². The highest BCUT2D eigenvalue weighted by atomic mass is 32.2. The molecule has 0 aliphatic rings. The molecule has 0 unspecified atom stereocenters. The van der Waals surface area contributed by atoms with Gasteiger partial charge in [0.25, 0.3) is 5.91 Å². The maximum absolute atomic E-state index is 11.4. The van der Waals surface area contributed by atoms with E-state index < -0.39 is 0 Å². The van der Waals surface area contributed by atoms with Crippen LogP contribution in [-0.2, 0) is 19.3 Å². The maximum atomic E-state index is 11.4. The van der Waals surface area contributed by atoms with Crippen LogP contribution >= 0.6 is 11.8 Å². The molecule has 8 heteroatoms. The molecule has 2 heterocycles. The van der Waals surface area contributed by atoms with Crippen LogP contribution in [0.15, 0.2) is 21.7 Å². The van der Waals surface area contributed by atoms with Gasteiger partial charge in [0.1, 0.15) is 11.6 Å². The van der Waals surface area contributed by atoms with Crippen molar-refractivity contribution in [3.05, 3.63) is 29.5 Å². The lowest BCUT2D eigenvalue weighted by Gasteiger charge is -2.02. The van der Waals surface area contributed by atoms with Gasteiger partial charge in [-0.15, -0.1) is 10.2 Å². The molecule has 2 aromatic heterocycles. The van der Waals surface area contributed by atoms with Crippen molar-refractivity contribution in [2.45, 2.75) is 17.5 Å². The number of nitrogens with zero attached hydrogens (tertiary/aromatic N) is 3. The van der Waals surface area contributed by atoms with Crippen molar-refractivity contribution in [2.24, 2.45) is 7.05 Å². The predicted molar refractivity (Wildman–Crippen MR) is 75.4 cm³/mol. The lowest BCUT2D eigenvalue weighted by Crippen LogP contribution is -2.16. The van der Waals surface area contributed by atoms with Gasteiger partial charge in [0, 0.05) is 14.1 Å². The van der Waals surface area contributed by atoms with Crippen molar-refractivity contribution >= 4 is 17.7 Å². The van der Waals surface area contributed by atoms with Crippen LogP contribution in [0.3, 0.4) is 0 Å². The minimum atomic E-state index is -0.226. The van der Waals surface area contributed by atoms with Crippen molar-refractivity contribution in [1.29, 1.82) is 0 Å². The number of rotatable bonds is 6. The minimum absolute atomic E-state index is 0.226. The van der Waals surface area contributed by atoms with Crippen LogP contribution in [0.25, 0.3) is 0 Å². The predicted octanol–water partition coefficient (Wildman–Crippen LogP) is 0.779. The summed E-state index contributed by atoms with van der Waals surface area (Å²) in [6.45, 7) is 0.672. The molecule has 0 atom stereocenters. The lowest BCUT2D eigenvalue weighted by molar-refractivity contribution is 0.0934. The van der Waals surface area contributed by atoms with Gasteiger partial charge >= 0.3 is 0 Å². The first kappa shape index (κ1) is 14.6. The molecule has 0 aliphatic carbocycles. The molecule has 0 bridgehead atoms. The smallest absolute Gasteiger partial charge is 0.286 e. The fourth-order valence-corrected chi connectivity index (χ4v) is 2.44. The molecule has 0 fully saturated rings. The average molecular weight is 295 g/mol. The Morgan fingerprint density at radius 1 is 1.40 bits per heavy atom. The van der Waals surface area contributed by atoms with Gasteiger partial charge in [0.2, 0.25) is 0 Å². The lowest BCUT2D eigenvalue weighted by atomic mass is 10.4. The molecule has 7 nitrogen and oxygen atoms in total. The molecule has 0 spiro atoms. The van der Waals surface area contributed by atoms with E-state index in [0.717, 1.165) is 16.7 Å². The fourth-order valence-electron chi connectivity index (χ4n) is 1.62. The van der Waals surface area contributed by atoms with E-state index in [1.54, 1.807) is 19.2 Å². The van der Waals surface area contributed by atoms with Gasteiger partial charge in [-0.05, 0) is 19.2 Å². The number of carbonyl (C=O) groups is 1. The number of carbonyl (C=O) groups excluding carboxylic acids is 1. The molecule has 108 valence electrons. The van der Waals surface area contributed by atoms with E-state index in [1.807, 2.05) is 18.7 Å². The van der Waals surface area contributed by atoms with Gasteiger partial charge in [-0.2, -0.15) is 0 Å². The van der Waals surface area contributed by atoms with E-state index in [4.69, 9.17) is 4.42 Å². The summed E-state index contributed by atoms with van der Waals surface area (Å²) >= 11 is 1.52. The minimum Gasteiger partial charge on any atom is -0.455 e. The topological polar surface area (TPSA) is 85.0 Å². The van der Waals surface area contributed by atoms with E-state index in [2.05, 4.69) is 20.8 Å². The molecule has 20 heavy (non-hydrogen) atoms. The van der Waals surface area contributed by atoms with Gasteiger partial charge in [-0.3, -0.25) is 4.79 Å². The van der Waals surface area contributed by atoms with E-state index in [0.29, 0.717) is 18.1 Å². The summed E-state index contributed by atoms with van der Waals surface area (Å²) in [5.41, 5.74) is 0. The third-order valence-electron chi connectivity index (χ3n) is 2.72. The van der Waals surface area contributed by atoms with E-state index in [1.165, 1.54) is 11.8 Å². The second kappa shape index (κ2) is 6.58. The number of thioether (sulfide) groups is 1. The Labute approximate surface area is 121 Å². The van der Waals surface area contributed by atoms with E-state index in [-0.39, 0.29) is 5.91 Å². The number of aromatic nitrogens is 3. The molecule has 0 saturated heterocycles. The molecular formula is C12H17N5O2S. The van der Waals surface area contributed by atoms with Crippen LogP contribution in [0.4, 0.5) is 0 Å². The highest BCUT2D eigenvalue weighted by molar-refractivity contribution is 7.98. The van der Waals surface area contributed by atoms with Gasteiger partial charge in [-0.25, -0.2) is 0 Å². The summed E-state index contributed by atoms with van der Waals surface area (Å²) in [4.78, 5) is 11.4. The zero-order valence-electron chi connectivity index (χ0n) is 11.6. The van der Waals surface area contributed by atoms with Gasteiger partial charge in [0.15, 0.2) is 10.9 Å². The Morgan fingerprint density at radius 2 is 2.20 bits per heavy atom. The van der Waals surface area contributed by atoms with Crippen molar-refractivity contribution < 1.29 is 9.21 Å². The number of hydrogen-bond acceptors (Lipinski definition) is 6. The molecule has 0 aromatic carbocycles. The largest absolute Gasteiger partial charge is 0.455 e. The van der Waals surface area contributed by atoms with Crippen molar-refractivity contribution in [1.82, 2.24) is 25.4 Å². The number of nitrogens with one attached hydrogen (secondary N) is 2. The van der Waals surface area contributed by atoms with Crippen LogP contribution in [0.2, 0.25) is 0 Å². The molecule has 2 rings (SSSR count). The fraction of sp³-hybridized carbons (Fsp3) is 0.417. The Hall–Kier alpha value is -1.80. The van der Waals surface area contributed by atoms with Crippen LogP contribution in [0.5, 0.6) is 0 Å². The first-order valence-corrected chi connectivity index (χ1v) is 7.10. The molecule has 1 amide bonds. The quantitative estimate of drug-likeness (QED) is 0.766. The molecular weight excluding hydrogens is 278 g/mol. The number of furan rings is 1. The second-order valence-electron chi connectivity index (χ2n) is 4.12. The standard InChI is InChI=1S/C12H17N5O2S/c1-13-6-10-15-16-12(17(10)3)20-7-8-4-5-9(19-8)11(18)14-2/h4-5,13H,6-7H2,1-3H3,(H,14,18). The van der Waals surface area contributed by atoms with Gasteiger partial charge in [0.05, 0.1) is 12.3 Å². The Balaban J connectivity index is 1.98. The summed E-state index contributed by atoms with van der Waals surface area (Å²) in [5.74, 6) is 2.29. The molecule has 2 N–H and O–H groups in total. The average Bonchev–Trinajstić information content (AvgIpc) is 3.05. The molecule has 2 aromatic rings. The summed E-state index contributed by atoms with van der Waals surface area (Å²) in [6.07, 6.45) is 0. The maximum Gasteiger partial charge on any atom is 0.286 e. The van der Waals surface area contributed by atoms with Crippen LogP contribution < -0.4 is 10.6 Å². The van der Waals surface area contributed by atoms with Crippen molar-refractivity contribution in [3.8, 4) is 0 Å². The van der Waals surface area contributed by atoms with Gasteiger partial charge < -0.3 is 19.6 Å². The number of amides is 1. The Kier molecular flexibility index (Phi) is 4.80. The monoisotopic (exact) mass is 295 g/mol. The third-order valence-corrected chi connectivity index (χ3v) is 3.76. The third kappa shape index (κ3) is 3.20. The molecule has 0 aliphatic heterocycles. The highest BCUT2D eigenvalue weighted by Gasteiger charge is 2.12. The first-order chi connectivity index (χ1) is 9.65. The van der Waals surface area contributed by atoms with E-state index in [9.17, 15) is 4.79 Å². The zero-order valence-corrected chi connectivity index (χ0v) is 12.5. The van der Waals surface area contributed by atoms with Crippen LogP contribution in [0, 0.1) is 0 Å².